The van der Waals surface area contributed by atoms with Gasteiger partial charge < -0.3 is 24.8 Å². The van der Waals surface area contributed by atoms with Gasteiger partial charge in [-0.2, -0.15) is 13.2 Å². The lowest BCUT2D eigenvalue weighted by Gasteiger charge is -2.44. The van der Waals surface area contributed by atoms with Gasteiger partial charge >= 0.3 is 12.1 Å². The highest BCUT2D eigenvalue weighted by Gasteiger charge is 2.38. The molecule has 0 saturated carbocycles. The molecule has 0 aromatic heterocycles. The van der Waals surface area contributed by atoms with E-state index >= 15 is 0 Å². The molecule has 4 rings (SSSR count). The number of hydrogen-bond acceptors (Lipinski definition) is 5. The first-order valence-electron chi connectivity index (χ1n) is 8.71. The van der Waals surface area contributed by atoms with Crippen LogP contribution >= 0.6 is 0 Å². The van der Waals surface area contributed by atoms with Crippen LogP contribution in [0.25, 0.3) is 0 Å². The van der Waals surface area contributed by atoms with Crippen LogP contribution in [-0.4, -0.2) is 68.0 Å². The zero-order valence-electron chi connectivity index (χ0n) is 15.6. The second-order valence-corrected chi connectivity index (χ2v) is 6.59. The Bertz CT molecular complexity index is 703. The van der Waals surface area contributed by atoms with Gasteiger partial charge in [-0.15, -0.1) is 0 Å². The highest BCUT2D eigenvalue weighted by Crippen LogP contribution is 2.29. The van der Waals surface area contributed by atoms with Crippen molar-refractivity contribution in [1.29, 1.82) is 0 Å². The summed E-state index contributed by atoms with van der Waals surface area (Å²) in [6.07, 6.45) is -2.72. The number of carbonyl (C=O) groups is 2. The van der Waals surface area contributed by atoms with Gasteiger partial charge in [0.2, 0.25) is 0 Å². The number of nitrogens with zero attached hydrogens (tertiary/aromatic N) is 1. The third-order valence-electron chi connectivity index (χ3n) is 4.87. The van der Waals surface area contributed by atoms with Crippen molar-refractivity contribution in [3.05, 3.63) is 23.8 Å². The first-order chi connectivity index (χ1) is 13.2. The first kappa shape index (κ1) is 21.8. The minimum atomic E-state index is -5.08. The van der Waals surface area contributed by atoms with Crippen LogP contribution in [0.5, 0.6) is 11.5 Å². The Morgan fingerprint density at radius 2 is 1.79 bits per heavy atom. The van der Waals surface area contributed by atoms with Gasteiger partial charge in [-0.3, -0.25) is 4.79 Å². The summed E-state index contributed by atoms with van der Waals surface area (Å²) in [6.45, 7) is 3.29. The first-order valence-corrected chi connectivity index (χ1v) is 8.71. The van der Waals surface area contributed by atoms with Crippen molar-refractivity contribution in [2.75, 3.05) is 33.9 Å². The fourth-order valence-electron chi connectivity index (χ4n) is 3.37. The molecule has 3 aliphatic rings. The number of halogens is 3. The Labute approximate surface area is 160 Å². The van der Waals surface area contributed by atoms with Gasteiger partial charge in [0.1, 0.15) is 11.5 Å². The number of benzene rings is 1. The Kier molecular flexibility index (Phi) is 7.11. The molecule has 0 spiro atoms. The van der Waals surface area contributed by atoms with Crippen molar-refractivity contribution in [3.8, 4) is 11.5 Å². The van der Waals surface area contributed by atoms with E-state index in [1.165, 1.54) is 25.9 Å². The standard InChI is InChI=1S/C16H22N2O3.C2HF3O2/c1-20-12-3-4-15(21-2)13(9-12)16(19)17-14-10-18-7-5-11(14)6-8-18;3-2(4,5)1(6)7/h3-4,9,11,14H,5-8,10H2,1-2H3,(H,17,19);(H,6,7). The third kappa shape index (κ3) is 5.51. The van der Waals surface area contributed by atoms with Crippen LogP contribution in [0.15, 0.2) is 18.2 Å². The molecular formula is C18H23F3N2O5. The number of hydrogen-bond donors (Lipinski definition) is 2. The molecule has 28 heavy (non-hydrogen) atoms. The van der Waals surface area contributed by atoms with Crippen molar-refractivity contribution >= 4 is 11.9 Å². The van der Waals surface area contributed by atoms with E-state index in [0.717, 1.165) is 6.54 Å². The number of rotatable bonds is 4. The number of methoxy groups -OCH3 is 2. The summed E-state index contributed by atoms with van der Waals surface area (Å²) < 4.78 is 42.2. The third-order valence-corrected chi connectivity index (χ3v) is 4.87. The van der Waals surface area contributed by atoms with E-state index in [1.54, 1.807) is 32.4 Å². The normalized spacial score (nSPS) is 23.2. The number of amides is 1. The number of alkyl halides is 3. The summed E-state index contributed by atoms with van der Waals surface area (Å²) >= 11 is 0. The van der Waals surface area contributed by atoms with Gasteiger partial charge in [-0.25, -0.2) is 4.79 Å². The van der Waals surface area contributed by atoms with Crippen molar-refractivity contribution in [2.24, 2.45) is 5.92 Å². The monoisotopic (exact) mass is 404 g/mol. The minimum absolute atomic E-state index is 0.0792. The summed E-state index contributed by atoms with van der Waals surface area (Å²) in [5.74, 6) is -0.989. The Hall–Kier alpha value is -2.49. The average molecular weight is 404 g/mol. The van der Waals surface area contributed by atoms with Gasteiger partial charge in [0.25, 0.3) is 5.91 Å². The van der Waals surface area contributed by atoms with Gasteiger partial charge in [-0.1, -0.05) is 0 Å². The van der Waals surface area contributed by atoms with Gasteiger partial charge in [0.05, 0.1) is 19.8 Å². The van der Waals surface area contributed by atoms with Crippen molar-refractivity contribution in [3.63, 3.8) is 0 Å². The lowest BCUT2D eigenvalue weighted by molar-refractivity contribution is -0.192. The molecule has 3 aliphatic heterocycles. The molecular weight excluding hydrogens is 381 g/mol. The van der Waals surface area contributed by atoms with Crippen LogP contribution in [0, 0.1) is 5.92 Å². The molecule has 2 N–H and O–H groups in total. The van der Waals surface area contributed by atoms with Crippen molar-refractivity contribution in [1.82, 2.24) is 10.2 Å². The van der Waals surface area contributed by atoms with E-state index in [1.807, 2.05) is 0 Å². The van der Waals surface area contributed by atoms with Gasteiger partial charge in [0, 0.05) is 12.6 Å². The number of ether oxygens (including phenoxy) is 2. The number of carbonyl (C=O) groups excluding carboxylic acids is 1. The maximum atomic E-state index is 12.6. The average Bonchev–Trinajstić information content (AvgIpc) is 2.68. The van der Waals surface area contributed by atoms with E-state index in [9.17, 15) is 18.0 Å². The minimum Gasteiger partial charge on any atom is -0.497 e. The summed E-state index contributed by atoms with van der Waals surface area (Å²) in [6, 6.07) is 5.54. The van der Waals surface area contributed by atoms with Crippen LogP contribution in [-0.2, 0) is 4.79 Å². The molecule has 3 saturated heterocycles. The molecule has 1 aromatic carbocycles. The lowest BCUT2D eigenvalue weighted by atomic mass is 9.84. The highest BCUT2D eigenvalue weighted by molar-refractivity contribution is 5.97. The number of carboxylic acids is 1. The van der Waals surface area contributed by atoms with Gasteiger partial charge in [0.15, 0.2) is 0 Å². The summed E-state index contributed by atoms with van der Waals surface area (Å²) in [4.78, 5) is 23.9. The molecule has 3 heterocycles. The number of carboxylic acid groups (broad SMARTS) is 1. The van der Waals surface area contributed by atoms with Crippen LogP contribution in [0.4, 0.5) is 13.2 Å². The number of nitrogens with one attached hydrogen (secondary N) is 1. The fraction of sp³-hybridized carbons (Fsp3) is 0.556. The molecule has 1 aromatic rings. The van der Waals surface area contributed by atoms with Crippen LogP contribution in [0.1, 0.15) is 23.2 Å². The zero-order chi connectivity index (χ0) is 20.9. The molecule has 0 radical (unpaired) electrons. The molecule has 3 fully saturated rings. The lowest BCUT2D eigenvalue weighted by Crippen LogP contribution is -2.57. The largest absolute Gasteiger partial charge is 0.497 e. The van der Waals surface area contributed by atoms with Gasteiger partial charge in [-0.05, 0) is 50.0 Å². The quantitative estimate of drug-likeness (QED) is 0.800. The van der Waals surface area contributed by atoms with Crippen molar-refractivity contribution < 1.29 is 37.3 Å². The fourth-order valence-corrected chi connectivity index (χ4v) is 3.37. The summed E-state index contributed by atoms with van der Waals surface area (Å²) in [5, 5.41) is 10.3. The van der Waals surface area contributed by atoms with Crippen LogP contribution in [0.3, 0.4) is 0 Å². The Balaban J connectivity index is 0.000000345. The van der Waals surface area contributed by atoms with E-state index in [0.29, 0.717) is 23.0 Å². The second-order valence-electron chi connectivity index (χ2n) is 6.59. The van der Waals surface area contributed by atoms with E-state index < -0.39 is 12.1 Å². The number of piperidine rings is 3. The number of fused-ring (bicyclic) bond motifs is 3. The van der Waals surface area contributed by atoms with E-state index in [4.69, 9.17) is 19.4 Å². The predicted octanol–water partition coefficient (Wildman–Crippen LogP) is 2.16. The highest BCUT2D eigenvalue weighted by atomic mass is 19.4. The molecule has 10 heteroatoms. The van der Waals surface area contributed by atoms with E-state index in [-0.39, 0.29) is 11.9 Å². The molecule has 2 bridgehead atoms. The van der Waals surface area contributed by atoms with Crippen LogP contribution < -0.4 is 14.8 Å². The number of aliphatic carboxylic acids is 1. The summed E-state index contributed by atoms with van der Waals surface area (Å²) in [7, 11) is 3.17. The molecule has 7 nitrogen and oxygen atoms in total. The second kappa shape index (κ2) is 9.13. The van der Waals surface area contributed by atoms with Crippen molar-refractivity contribution in [2.45, 2.75) is 25.1 Å². The Morgan fingerprint density at radius 3 is 2.21 bits per heavy atom. The zero-order valence-corrected chi connectivity index (χ0v) is 15.6. The molecule has 1 unspecified atom stereocenters. The maximum Gasteiger partial charge on any atom is 0.490 e. The molecule has 1 atom stereocenters. The smallest absolute Gasteiger partial charge is 0.490 e. The molecule has 0 aliphatic carbocycles. The van der Waals surface area contributed by atoms with E-state index in [2.05, 4.69) is 10.2 Å². The predicted molar refractivity (Wildman–Crippen MR) is 93.7 cm³/mol. The molecule has 1 amide bonds. The SMILES string of the molecule is COc1ccc(OC)c(C(=O)NC2CN3CCC2CC3)c1.O=C(O)C(F)(F)F. The van der Waals surface area contributed by atoms with Crippen LogP contribution in [0.2, 0.25) is 0 Å². The Morgan fingerprint density at radius 1 is 1.18 bits per heavy atom. The maximum absolute atomic E-state index is 12.6. The summed E-state index contributed by atoms with van der Waals surface area (Å²) in [5.41, 5.74) is 0.535. The molecule has 156 valence electrons. The topological polar surface area (TPSA) is 88.1 Å².